The zero-order valence-corrected chi connectivity index (χ0v) is 12.8. The number of hydrogen-bond donors (Lipinski definition) is 2. The number of hydrogen-bond acceptors (Lipinski definition) is 4. The predicted octanol–water partition coefficient (Wildman–Crippen LogP) is 2.01. The van der Waals surface area contributed by atoms with Gasteiger partial charge in [-0.25, -0.2) is 0 Å². The molecule has 1 aromatic rings. The van der Waals surface area contributed by atoms with Gasteiger partial charge in [0, 0.05) is 18.2 Å². The highest BCUT2D eigenvalue weighted by Crippen LogP contribution is 2.26. The van der Waals surface area contributed by atoms with Gasteiger partial charge in [-0.1, -0.05) is 6.42 Å². The van der Waals surface area contributed by atoms with E-state index < -0.39 is 0 Å². The smallest absolute Gasteiger partial charge is 0.251 e. The zero-order valence-electron chi connectivity index (χ0n) is 12.8. The minimum absolute atomic E-state index is 0.0192. The fourth-order valence-electron chi connectivity index (χ4n) is 2.66. The molecule has 5 nitrogen and oxygen atoms in total. The molecule has 116 valence electrons. The van der Waals surface area contributed by atoms with Gasteiger partial charge in [0.25, 0.3) is 5.91 Å². The van der Waals surface area contributed by atoms with Crippen LogP contribution in [0, 0.1) is 0 Å². The van der Waals surface area contributed by atoms with Crippen LogP contribution >= 0.6 is 0 Å². The molecule has 1 amide bonds. The van der Waals surface area contributed by atoms with Crippen molar-refractivity contribution >= 4 is 5.91 Å². The number of carbonyl (C=O) groups is 1. The number of carbonyl (C=O) groups excluding carboxylic acids is 1. The number of benzene rings is 1. The average Bonchev–Trinajstić information content (AvgIpc) is 2.53. The molecule has 0 aliphatic carbocycles. The lowest BCUT2D eigenvalue weighted by molar-refractivity contribution is 0.0929. The maximum atomic E-state index is 12.1. The average molecular weight is 292 g/mol. The van der Waals surface area contributed by atoms with Gasteiger partial charge in [-0.2, -0.15) is 0 Å². The third kappa shape index (κ3) is 4.11. The van der Waals surface area contributed by atoms with E-state index in [1.807, 2.05) is 0 Å². The molecule has 1 saturated heterocycles. The SMILES string of the molecule is COc1ccc(C(=O)NCC(C)N2CCCCC2)cc1O. The molecule has 1 aliphatic heterocycles. The summed E-state index contributed by atoms with van der Waals surface area (Å²) in [5, 5.41) is 12.6. The minimum Gasteiger partial charge on any atom is -0.504 e. The van der Waals surface area contributed by atoms with Gasteiger partial charge in [0.05, 0.1) is 7.11 Å². The van der Waals surface area contributed by atoms with Crippen LogP contribution in [0.25, 0.3) is 0 Å². The zero-order chi connectivity index (χ0) is 15.2. The second-order valence-electron chi connectivity index (χ2n) is 5.54. The highest BCUT2D eigenvalue weighted by Gasteiger charge is 2.17. The first-order valence-corrected chi connectivity index (χ1v) is 7.51. The van der Waals surface area contributed by atoms with E-state index in [2.05, 4.69) is 17.1 Å². The Morgan fingerprint density at radius 1 is 1.38 bits per heavy atom. The van der Waals surface area contributed by atoms with E-state index in [-0.39, 0.29) is 11.7 Å². The molecular weight excluding hydrogens is 268 g/mol. The summed E-state index contributed by atoms with van der Waals surface area (Å²) in [6.07, 6.45) is 3.79. The van der Waals surface area contributed by atoms with E-state index in [4.69, 9.17) is 4.74 Å². The Hall–Kier alpha value is -1.75. The Bertz CT molecular complexity index is 484. The Labute approximate surface area is 125 Å². The van der Waals surface area contributed by atoms with E-state index in [1.54, 1.807) is 12.1 Å². The van der Waals surface area contributed by atoms with Crippen molar-refractivity contribution in [2.75, 3.05) is 26.7 Å². The molecule has 1 aromatic carbocycles. The first-order valence-electron chi connectivity index (χ1n) is 7.51. The van der Waals surface area contributed by atoms with Gasteiger partial charge in [-0.15, -0.1) is 0 Å². The number of ether oxygens (including phenoxy) is 1. The molecule has 1 aliphatic rings. The molecule has 5 heteroatoms. The van der Waals surface area contributed by atoms with Crippen molar-refractivity contribution in [1.82, 2.24) is 10.2 Å². The van der Waals surface area contributed by atoms with E-state index in [0.717, 1.165) is 13.1 Å². The topological polar surface area (TPSA) is 61.8 Å². The first kappa shape index (κ1) is 15.6. The summed E-state index contributed by atoms with van der Waals surface area (Å²) < 4.78 is 4.97. The Morgan fingerprint density at radius 3 is 2.71 bits per heavy atom. The monoisotopic (exact) mass is 292 g/mol. The molecule has 0 bridgehead atoms. The number of methoxy groups -OCH3 is 1. The van der Waals surface area contributed by atoms with Crippen molar-refractivity contribution in [3.05, 3.63) is 23.8 Å². The number of amides is 1. The number of aromatic hydroxyl groups is 1. The number of rotatable bonds is 5. The van der Waals surface area contributed by atoms with Gasteiger partial charge in [-0.3, -0.25) is 9.69 Å². The van der Waals surface area contributed by atoms with Crippen molar-refractivity contribution in [2.45, 2.75) is 32.2 Å². The molecule has 0 saturated carbocycles. The fraction of sp³-hybridized carbons (Fsp3) is 0.562. The number of phenolic OH excluding ortho intramolecular Hbond substituents is 1. The van der Waals surface area contributed by atoms with Crippen LogP contribution in [-0.2, 0) is 0 Å². The second kappa shape index (κ2) is 7.31. The highest BCUT2D eigenvalue weighted by molar-refractivity contribution is 5.94. The van der Waals surface area contributed by atoms with Gasteiger partial charge in [-0.05, 0) is 51.1 Å². The summed E-state index contributed by atoms with van der Waals surface area (Å²) in [6.45, 7) is 4.98. The quantitative estimate of drug-likeness (QED) is 0.871. The maximum absolute atomic E-state index is 12.1. The lowest BCUT2D eigenvalue weighted by Gasteiger charge is -2.32. The van der Waals surface area contributed by atoms with Crippen LogP contribution in [0.4, 0.5) is 0 Å². The van der Waals surface area contributed by atoms with Gasteiger partial charge < -0.3 is 15.2 Å². The van der Waals surface area contributed by atoms with Crippen molar-refractivity contribution in [3.63, 3.8) is 0 Å². The largest absolute Gasteiger partial charge is 0.504 e. The van der Waals surface area contributed by atoms with Crippen molar-refractivity contribution < 1.29 is 14.6 Å². The molecule has 0 aromatic heterocycles. The van der Waals surface area contributed by atoms with Crippen LogP contribution < -0.4 is 10.1 Å². The number of phenols is 1. The van der Waals surface area contributed by atoms with E-state index in [1.165, 1.54) is 32.4 Å². The molecule has 1 unspecified atom stereocenters. The van der Waals surface area contributed by atoms with Crippen LogP contribution in [0.5, 0.6) is 11.5 Å². The van der Waals surface area contributed by atoms with Crippen LogP contribution in [0.2, 0.25) is 0 Å². The van der Waals surface area contributed by atoms with E-state index >= 15 is 0 Å². The summed E-state index contributed by atoms with van der Waals surface area (Å²) in [7, 11) is 1.48. The van der Waals surface area contributed by atoms with Gasteiger partial charge in [0.15, 0.2) is 11.5 Å². The first-order chi connectivity index (χ1) is 10.1. The van der Waals surface area contributed by atoms with Crippen LogP contribution in [0.15, 0.2) is 18.2 Å². The number of nitrogens with one attached hydrogen (secondary N) is 1. The Balaban J connectivity index is 1.87. The summed E-state index contributed by atoms with van der Waals surface area (Å²) in [4.78, 5) is 14.5. The number of likely N-dealkylation sites (tertiary alicyclic amines) is 1. The lowest BCUT2D eigenvalue weighted by atomic mass is 10.1. The molecule has 1 fully saturated rings. The molecule has 2 rings (SSSR count). The highest BCUT2D eigenvalue weighted by atomic mass is 16.5. The molecular formula is C16H24N2O3. The molecule has 2 N–H and O–H groups in total. The minimum atomic E-state index is -0.170. The van der Waals surface area contributed by atoms with Crippen molar-refractivity contribution in [3.8, 4) is 11.5 Å². The fourth-order valence-corrected chi connectivity index (χ4v) is 2.66. The normalized spacial score (nSPS) is 17.2. The van der Waals surface area contributed by atoms with Gasteiger partial charge >= 0.3 is 0 Å². The van der Waals surface area contributed by atoms with Gasteiger partial charge in [0.2, 0.25) is 0 Å². The second-order valence-corrected chi connectivity index (χ2v) is 5.54. The summed E-state index contributed by atoms with van der Waals surface area (Å²) in [6, 6.07) is 5.01. The summed E-state index contributed by atoms with van der Waals surface area (Å²) >= 11 is 0. The standard InChI is InChI=1S/C16H24N2O3/c1-12(18-8-4-3-5-9-18)11-17-16(20)13-6-7-15(21-2)14(19)10-13/h6-7,10,12,19H,3-5,8-9,11H2,1-2H3,(H,17,20). The van der Waals surface area contributed by atoms with Crippen LogP contribution in [0.3, 0.4) is 0 Å². The van der Waals surface area contributed by atoms with Crippen molar-refractivity contribution in [2.24, 2.45) is 0 Å². The maximum Gasteiger partial charge on any atom is 0.251 e. The number of nitrogens with zero attached hydrogens (tertiary/aromatic N) is 1. The van der Waals surface area contributed by atoms with Gasteiger partial charge in [0.1, 0.15) is 0 Å². The van der Waals surface area contributed by atoms with E-state index in [0.29, 0.717) is 23.9 Å². The summed E-state index contributed by atoms with van der Waals surface area (Å²) in [5.74, 6) is 0.180. The van der Waals surface area contributed by atoms with Crippen LogP contribution in [-0.4, -0.2) is 48.7 Å². The Kier molecular flexibility index (Phi) is 5.44. The summed E-state index contributed by atoms with van der Waals surface area (Å²) in [5.41, 5.74) is 0.444. The number of piperidine rings is 1. The molecule has 1 heterocycles. The third-order valence-electron chi connectivity index (χ3n) is 4.01. The molecule has 0 radical (unpaired) electrons. The molecule has 1 atom stereocenters. The van der Waals surface area contributed by atoms with Crippen molar-refractivity contribution in [1.29, 1.82) is 0 Å². The van der Waals surface area contributed by atoms with Crippen LogP contribution in [0.1, 0.15) is 36.5 Å². The lowest BCUT2D eigenvalue weighted by Crippen LogP contribution is -2.44. The third-order valence-corrected chi connectivity index (χ3v) is 4.01. The van der Waals surface area contributed by atoms with E-state index in [9.17, 15) is 9.90 Å². The molecule has 0 spiro atoms. The Morgan fingerprint density at radius 2 is 2.10 bits per heavy atom. The predicted molar refractivity (Wildman–Crippen MR) is 81.9 cm³/mol. The molecule has 21 heavy (non-hydrogen) atoms.